The Balaban J connectivity index is 2.32. The lowest BCUT2D eigenvalue weighted by atomic mass is 9.95. The number of hydrogen-bond donors (Lipinski definition) is 1. The fourth-order valence-corrected chi connectivity index (χ4v) is 1.77. The molecule has 2 heteroatoms. The third-order valence-electron chi connectivity index (χ3n) is 2.48. The van der Waals surface area contributed by atoms with E-state index >= 15 is 0 Å². The smallest absolute Gasteiger partial charge is 0.0353 e. The monoisotopic (exact) mass is 157 g/mol. The summed E-state index contributed by atoms with van der Waals surface area (Å²) in [5.74, 6) is 0. The zero-order chi connectivity index (χ0) is 8.27. The molecule has 0 heterocycles. The van der Waals surface area contributed by atoms with Crippen molar-refractivity contribution in [3.05, 3.63) is 0 Å². The summed E-state index contributed by atoms with van der Waals surface area (Å²) in [4.78, 5) is 0. The van der Waals surface area contributed by atoms with E-state index in [1.807, 2.05) is 13.8 Å². The van der Waals surface area contributed by atoms with Crippen molar-refractivity contribution in [3.63, 3.8) is 0 Å². The van der Waals surface area contributed by atoms with Crippen molar-refractivity contribution in [1.29, 1.82) is 0 Å². The lowest BCUT2D eigenvalue weighted by Crippen LogP contribution is -2.38. The molecule has 1 aliphatic rings. The molecule has 1 saturated carbocycles. The third-order valence-corrected chi connectivity index (χ3v) is 2.48. The van der Waals surface area contributed by atoms with E-state index in [4.69, 9.17) is 0 Å². The van der Waals surface area contributed by atoms with E-state index < -0.39 is 0 Å². The van der Waals surface area contributed by atoms with Gasteiger partial charge >= 0.3 is 0 Å². The van der Waals surface area contributed by atoms with Crippen molar-refractivity contribution in [1.82, 2.24) is 5.06 Å². The number of rotatable bonds is 2. The fraction of sp³-hybridized carbons (Fsp3) is 1.00. The van der Waals surface area contributed by atoms with Gasteiger partial charge in [0.1, 0.15) is 0 Å². The molecule has 1 N–H and O–H groups in total. The second-order valence-electron chi connectivity index (χ2n) is 3.77. The van der Waals surface area contributed by atoms with Gasteiger partial charge in [-0.15, -0.1) is 0 Å². The van der Waals surface area contributed by atoms with Crippen molar-refractivity contribution in [2.75, 3.05) is 0 Å². The van der Waals surface area contributed by atoms with Crippen LogP contribution < -0.4 is 0 Å². The first-order valence-corrected chi connectivity index (χ1v) is 4.69. The average molecular weight is 157 g/mol. The highest BCUT2D eigenvalue weighted by Crippen LogP contribution is 2.22. The Kier molecular flexibility index (Phi) is 3.34. The second kappa shape index (κ2) is 4.07. The molecule has 0 amide bonds. The number of nitrogens with zero attached hydrogens (tertiary/aromatic N) is 1. The highest BCUT2D eigenvalue weighted by atomic mass is 16.5. The topological polar surface area (TPSA) is 23.5 Å². The van der Waals surface area contributed by atoms with E-state index in [1.165, 1.54) is 37.2 Å². The van der Waals surface area contributed by atoms with Crippen LogP contribution >= 0.6 is 0 Å². The van der Waals surface area contributed by atoms with E-state index in [2.05, 4.69) is 0 Å². The van der Waals surface area contributed by atoms with Gasteiger partial charge in [0, 0.05) is 12.1 Å². The minimum Gasteiger partial charge on any atom is -0.313 e. The minimum absolute atomic E-state index is 0.276. The average Bonchev–Trinajstić information content (AvgIpc) is 2.05. The van der Waals surface area contributed by atoms with Gasteiger partial charge in [0.25, 0.3) is 0 Å². The van der Waals surface area contributed by atoms with Crippen LogP contribution in [0.5, 0.6) is 0 Å². The summed E-state index contributed by atoms with van der Waals surface area (Å²) in [5, 5.41) is 11.1. The molecule has 0 aromatic carbocycles. The fourth-order valence-electron chi connectivity index (χ4n) is 1.77. The lowest BCUT2D eigenvalue weighted by molar-refractivity contribution is -0.158. The zero-order valence-electron chi connectivity index (χ0n) is 7.58. The second-order valence-corrected chi connectivity index (χ2v) is 3.77. The van der Waals surface area contributed by atoms with E-state index in [1.54, 1.807) is 0 Å². The van der Waals surface area contributed by atoms with Crippen molar-refractivity contribution >= 4 is 0 Å². The summed E-state index contributed by atoms with van der Waals surface area (Å²) in [7, 11) is 0. The highest BCUT2D eigenvalue weighted by molar-refractivity contribution is 4.72. The molecule has 2 nitrogen and oxygen atoms in total. The van der Waals surface area contributed by atoms with Gasteiger partial charge in [-0.3, -0.25) is 0 Å². The molecule has 0 aliphatic heterocycles. The molecular formula is C9H19NO. The quantitative estimate of drug-likeness (QED) is 0.622. The summed E-state index contributed by atoms with van der Waals surface area (Å²) in [6.07, 6.45) is 6.27. The molecule has 0 aromatic rings. The maximum absolute atomic E-state index is 9.58. The summed E-state index contributed by atoms with van der Waals surface area (Å²) in [6.45, 7) is 4.07. The molecule has 1 fully saturated rings. The summed E-state index contributed by atoms with van der Waals surface area (Å²) in [5.41, 5.74) is 0. The van der Waals surface area contributed by atoms with Gasteiger partial charge in [-0.25, -0.2) is 0 Å². The van der Waals surface area contributed by atoms with Crippen LogP contribution in [0.3, 0.4) is 0 Å². The summed E-state index contributed by atoms with van der Waals surface area (Å²) >= 11 is 0. The van der Waals surface area contributed by atoms with E-state index in [0.717, 1.165) is 0 Å². The Morgan fingerprint density at radius 1 is 1.18 bits per heavy atom. The molecule has 0 atom stereocenters. The zero-order valence-corrected chi connectivity index (χ0v) is 7.58. The van der Waals surface area contributed by atoms with Crippen LogP contribution in [0.2, 0.25) is 0 Å². The van der Waals surface area contributed by atoms with E-state index in [-0.39, 0.29) is 6.04 Å². The number of hydrogen-bond acceptors (Lipinski definition) is 2. The maximum Gasteiger partial charge on any atom is 0.0353 e. The molecule has 0 radical (unpaired) electrons. The Labute approximate surface area is 69.2 Å². The first kappa shape index (κ1) is 9.01. The molecule has 1 aliphatic carbocycles. The van der Waals surface area contributed by atoms with Crippen molar-refractivity contribution in [3.8, 4) is 0 Å². The molecule has 66 valence electrons. The van der Waals surface area contributed by atoms with Gasteiger partial charge in [-0.1, -0.05) is 19.3 Å². The molecule has 0 unspecified atom stereocenters. The molecule has 0 bridgehead atoms. The van der Waals surface area contributed by atoms with Gasteiger partial charge in [-0.2, -0.15) is 5.06 Å². The minimum atomic E-state index is 0.276. The van der Waals surface area contributed by atoms with E-state index in [0.29, 0.717) is 6.04 Å². The molecule has 11 heavy (non-hydrogen) atoms. The first-order valence-electron chi connectivity index (χ1n) is 4.69. The van der Waals surface area contributed by atoms with Crippen molar-refractivity contribution in [2.24, 2.45) is 0 Å². The Bertz CT molecular complexity index is 108. The standard InChI is InChI=1S/C9H19NO/c1-8(2)10(11)9-6-4-3-5-7-9/h8-9,11H,3-7H2,1-2H3. The first-order chi connectivity index (χ1) is 5.22. The van der Waals surface area contributed by atoms with Crippen molar-refractivity contribution in [2.45, 2.75) is 58.0 Å². The van der Waals surface area contributed by atoms with Crippen LogP contribution in [-0.4, -0.2) is 22.4 Å². The summed E-state index contributed by atoms with van der Waals surface area (Å²) < 4.78 is 0. The number of hydroxylamine groups is 2. The molecular weight excluding hydrogens is 138 g/mol. The highest BCUT2D eigenvalue weighted by Gasteiger charge is 2.20. The SMILES string of the molecule is CC(C)N(O)C1CCCCC1. The lowest BCUT2D eigenvalue weighted by Gasteiger charge is -2.31. The molecule has 0 spiro atoms. The van der Waals surface area contributed by atoms with Crippen LogP contribution in [0, 0.1) is 0 Å². The Morgan fingerprint density at radius 3 is 2.18 bits per heavy atom. The van der Waals surface area contributed by atoms with Gasteiger partial charge in [0.15, 0.2) is 0 Å². The maximum atomic E-state index is 9.58. The van der Waals surface area contributed by atoms with Crippen LogP contribution in [0.1, 0.15) is 46.0 Å². The Morgan fingerprint density at radius 2 is 1.73 bits per heavy atom. The predicted octanol–water partition coefficient (Wildman–Crippen LogP) is 2.42. The van der Waals surface area contributed by atoms with Gasteiger partial charge < -0.3 is 5.21 Å². The van der Waals surface area contributed by atoms with Crippen LogP contribution in [-0.2, 0) is 0 Å². The third kappa shape index (κ3) is 2.46. The van der Waals surface area contributed by atoms with Crippen LogP contribution in [0.4, 0.5) is 0 Å². The largest absolute Gasteiger partial charge is 0.313 e. The van der Waals surface area contributed by atoms with Crippen LogP contribution in [0.25, 0.3) is 0 Å². The molecule has 1 rings (SSSR count). The summed E-state index contributed by atoms with van der Waals surface area (Å²) in [6, 6.07) is 0.710. The molecule has 0 aromatic heterocycles. The van der Waals surface area contributed by atoms with Crippen molar-refractivity contribution < 1.29 is 5.21 Å². The Hall–Kier alpha value is -0.0800. The van der Waals surface area contributed by atoms with Crippen LogP contribution in [0.15, 0.2) is 0 Å². The normalized spacial score (nSPS) is 21.5. The van der Waals surface area contributed by atoms with Gasteiger partial charge in [-0.05, 0) is 26.7 Å². The predicted molar refractivity (Wildman–Crippen MR) is 45.6 cm³/mol. The molecule has 0 saturated heterocycles. The van der Waals surface area contributed by atoms with Gasteiger partial charge in [0.05, 0.1) is 0 Å². The van der Waals surface area contributed by atoms with Gasteiger partial charge in [0.2, 0.25) is 0 Å². The van der Waals surface area contributed by atoms with E-state index in [9.17, 15) is 5.21 Å².